The SMILES string of the molecule is CN(C)c1cccc(C(=O)Nc2ccc3c(c2)CCCN3C(=O)c2cccnc2)c1. The molecule has 6 nitrogen and oxygen atoms in total. The summed E-state index contributed by atoms with van der Waals surface area (Å²) in [6.07, 6.45) is 4.99. The van der Waals surface area contributed by atoms with Crippen LogP contribution in [0.3, 0.4) is 0 Å². The average molecular weight is 400 g/mol. The highest BCUT2D eigenvalue weighted by atomic mass is 16.2. The third-order valence-electron chi connectivity index (χ3n) is 5.23. The molecule has 0 aliphatic carbocycles. The number of hydrogen-bond donors (Lipinski definition) is 1. The Morgan fingerprint density at radius 3 is 2.63 bits per heavy atom. The first-order valence-corrected chi connectivity index (χ1v) is 9.96. The van der Waals surface area contributed by atoms with Crippen LogP contribution in [0, 0.1) is 0 Å². The molecule has 152 valence electrons. The van der Waals surface area contributed by atoms with E-state index in [2.05, 4.69) is 10.3 Å². The van der Waals surface area contributed by atoms with Crippen LogP contribution in [-0.2, 0) is 6.42 Å². The van der Waals surface area contributed by atoms with Crippen molar-refractivity contribution in [2.45, 2.75) is 12.8 Å². The first kappa shape index (κ1) is 19.6. The van der Waals surface area contributed by atoms with Crippen LogP contribution >= 0.6 is 0 Å². The fraction of sp³-hybridized carbons (Fsp3) is 0.208. The van der Waals surface area contributed by atoms with Crippen molar-refractivity contribution in [3.05, 3.63) is 83.7 Å². The van der Waals surface area contributed by atoms with Crippen LogP contribution < -0.4 is 15.1 Å². The Balaban J connectivity index is 1.55. The van der Waals surface area contributed by atoms with E-state index in [1.165, 1.54) is 0 Å². The fourth-order valence-corrected chi connectivity index (χ4v) is 3.66. The van der Waals surface area contributed by atoms with Gasteiger partial charge >= 0.3 is 0 Å². The maximum Gasteiger partial charge on any atom is 0.259 e. The number of hydrogen-bond acceptors (Lipinski definition) is 4. The minimum absolute atomic E-state index is 0.0543. The maximum atomic E-state index is 12.9. The molecule has 0 bridgehead atoms. The third-order valence-corrected chi connectivity index (χ3v) is 5.23. The van der Waals surface area contributed by atoms with Gasteiger partial charge in [-0.3, -0.25) is 14.6 Å². The molecule has 0 radical (unpaired) electrons. The molecule has 6 heteroatoms. The predicted molar refractivity (Wildman–Crippen MR) is 119 cm³/mol. The summed E-state index contributed by atoms with van der Waals surface area (Å²) >= 11 is 0. The van der Waals surface area contributed by atoms with Crippen molar-refractivity contribution < 1.29 is 9.59 Å². The predicted octanol–water partition coefficient (Wildman–Crippen LogP) is 3.99. The molecule has 0 saturated carbocycles. The fourth-order valence-electron chi connectivity index (χ4n) is 3.66. The quantitative estimate of drug-likeness (QED) is 0.719. The second-order valence-corrected chi connectivity index (χ2v) is 7.54. The molecule has 2 heterocycles. The van der Waals surface area contributed by atoms with E-state index in [1.54, 1.807) is 35.5 Å². The van der Waals surface area contributed by atoms with Crippen LogP contribution in [-0.4, -0.2) is 37.4 Å². The molecule has 4 rings (SSSR count). The number of nitrogens with one attached hydrogen (secondary N) is 1. The van der Waals surface area contributed by atoms with E-state index in [0.29, 0.717) is 17.7 Å². The topological polar surface area (TPSA) is 65.5 Å². The Labute approximate surface area is 176 Å². The second-order valence-electron chi connectivity index (χ2n) is 7.54. The number of nitrogens with zero attached hydrogens (tertiary/aromatic N) is 3. The highest BCUT2D eigenvalue weighted by Crippen LogP contribution is 2.31. The van der Waals surface area contributed by atoms with E-state index in [1.807, 2.05) is 55.4 Å². The van der Waals surface area contributed by atoms with Crippen molar-refractivity contribution in [1.82, 2.24) is 4.98 Å². The van der Waals surface area contributed by atoms with Gasteiger partial charge in [0.05, 0.1) is 5.56 Å². The van der Waals surface area contributed by atoms with E-state index in [-0.39, 0.29) is 11.8 Å². The zero-order chi connectivity index (χ0) is 21.1. The van der Waals surface area contributed by atoms with Gasteiger partial charge in [0.25, 0.3) is 11.8 Å². The van der Waals surface area contributed by atoms with Crippen LogP contribution in [0.25, 0.3) is 0 Å². The molecule has 1 N–H and O–H groups in total. The van der Waals surface area contributed by atoms with Crippen LogP contribution in [0.2, 0.25) is 0 Å². The average Bonchev–Trinajstić information content (AvgIpc) is 2.78. The number of benzene rings is 2. The molecular weight excluding hydrogens is 376 g/mol. The minimum atomic E-state index is -0.155. The van der Waals surface area contributed by atoms with Gasteiger partial charge in [0.15, 0.2) is 0 Å². The highest BCUT2D eigenvalue weighted by molar-refractivity contribution is 6.07. The Hall–Kier alpha value is -3.67. The summed E-state index contributed by atoms with van der Waals surface area (Å²) in [4.78, 5) is 33.4. The van der Waals surface area contributed by atoms with Gasteiger partial charge in [-0.15, -0.1) is 0 Å². The Morgan fingerprint density at radius 2 is 1.87 bits per heavy atom. The van der Waals surface area contributed by atoms with E-state index in [4.69, 9.17) is 0 Å². The van der Waals surface area contributed by atoms with Crippen LogP contribution in [0.4, 0.5) is 17.1 Å². The Kier molecular flexibility index (Phi) is 5.48. The van der Waals surface area contributed by atoms with E-state index >= 15 is 0 Å². The highest BCUT2D eigenvalue weighted by Gasteiger charge is 2.24. The van der Waals surface area contributed by atoms with Crippen molar-refractivity contribution in [3.8, 4) is 0 Å². The van der Waals surface area contributed by atoms with Gasteiger partial charge in [-0.2, -0.15) is 0 Å². The van der Waals surface area contributed by atoms with Gasteiger partial charge in [-0.1, -0.05) is 6.07 Å². The lowest BCUT2D eigenvalue weighted by Gasteiger charge is -2.30. The van der Waals surface area contributed by atoms with Crippen molar-refractivity contribution in [3.63, 3.8) is 0 Å². The number of amides is 2. The third kappa shape index (κ3) is 4.03. The number of carbonyl (C=O) groups is 2. The number of aromatic nitrogens is 1. The van der Waals surface area contributed by atoms with Gasteiger partial charge in [-0.25, -0.2) is 0 Å². The molecule has 0 atom stereocenters. The molecule has 30 heavy (non-hydrogen) atoms. The van der Waals surface area contributed by atoms with E-state index in [0.717, 1.165) is 35.5 Å². The second kappa shape index (κ2) is 8.37. The molecule has 1 aliphatic heterocycles. The summed E-state index contributed by atoms with van der Waals surface area (Å²) in [6, 6.07) is 16.8. The molecule has 2 amide bonds. The van der Waals surface area contributed by atoms with Crippen molar-refractivity contribution >= 4 is 28.9 Å². The van der Waals surface area contributed by atoms with Crippen molar-refractivity contribution in [2.24, 2.45) is 0 Å². The minimum Gasteiger partial charge on any atom is -0.378 e. The lowest BCUT2D eigenvalue weighted by molar-refractivity contribution is 0.0983. The van der Waals surface area contributed by atoms with Gasteiger partial charge in [0.2, 0.25) is 0 Å². The first-order valence-electron chi connectivity index (χ1n) is 9.96. The van der Waals surface area contributed by atoms with Gasteiger partial charge in [0, 0.05) is 55.7 Å². The number of carbonyl (C=O) groups excluding carboxylic acids is 2. The summed E-state index contributed by atoms with van der Waals surface area (Å²) < 4.78 is 0. The van der Waals surface area contributed by atoms with E-state index in [9.17, 15) is 9.59 Å². The number of anilines is 3. The molecule has 0 saturated heterocycles. The molecule has 2 aromatic carbocycles. The summed E-state index contributed by atoms with van der Waals surface area (Å²) in [5.74, 6) is -0.209. The molecule has 1 aliphatic rings. The molecular formula is C24H24N4O2. The summed E-state index contributed by atoms with van der Waals surface area (Å²) in [7, 11) is 3.89. The van der Waals surface area contributed by atoms with Crippen LogP contribution in [0.1, 0.15) is 32.7 Å². The van der Waals surface area contributed by atoms with Gasteiger partial charge in [-0.05, 0) is 66.9 Å². The largest absolute Gasteiger partial charge is 0.378 e. The lowest BCUT2D eigenvalue weighted by Crippen LogP contribution is -2.35. The summed E-state index contributed by atoms with van der Waals surface area (Å²) in [5.41, 5.74) is 4.82. The zero-order valence-electron chi connectivity index (χ0n) is 17.1. The van der Waals surface area contributed by atoms with Crippen molar-refractivity contribution in [2.75, 3.05) is 35.8 Å². The summed E-state index contributed by atoms with van der Waals surface area (Å²) in [5, 5.41) is 2.98. The monoisotopic (exact) mass is 400 g/mol. The summed E-state index contributed by atoms with van der Waals surface area (Å²) in [6.45, 7) is 0.670. The smallest absolute Gasteiger partial charge is 0.259 e. The lowest BCUT2D eigenvalue weighted by atomic mass is 10.00. The number of aryl methyl sites for hydroxylation is 1. The molecule has 0 spiro atoms. The van der Waals surface area contributed by atoms with Crippen LogP contribution in [0.5, 0.6) is 0 Å². The Morgan fingerprint density at radius 1 is 1.03 bits per heavy atom. The van der Waals surface area contributed by atoms with Gasteiger partial charge in [0.1, 0.15) is 0 Å². The zero-order valence-corrected chi connectivity index (χ0v) is 17.1. The number of rotatable bonds is 4. The normalized spacial score (nSPS) is 12.8. The van der Waals surface area contributed by atoms with Crippen molar-refractivity contribution in [1.29, 1.82) is 0 Å². The number of pyridine rings is 1. The Bertz CT molecular complexity index is 1080. The molecule has 1 aromatic heterocycles. The molecule has 0 unspecified atom stereocenters. The first-order chi connectivity index (χ1) is 14.5. The van der Waals surface area contributed by atoms with E-state index < -0.39 is 0 Å². The number of fused-ring (bicyclic) bond motifs is 1. The maximum absolute atomic E-state index is 12.9. The van der Waals surface area contributed by atoms with Crippen LogP contribution in [0.15, 0.2) is 67.0 Å². The molecule has 3 aromatic rings. The molecule has 0 fully saturated rings. The standard InChI is InChI=1S/C24H24N4O2/c1-27(2)21-9-3-6-18(15-21)23(29)26-20-10-11-22-17(14-20)8-5-13-28(22)24(30)19-7-4-12-25-16-19/h3-4,6-7,9-12,14-16H,5,8,13H2,1-2H3,(H,26,29). The van der Waals surface area contributed by atoms with Gasteiger partial charge < -0.3 is 15.1 Å².